The number of amides is 1. The largest absolute Gasteiger partial charge is 0.481 e. The average molecular weight is 323 g/mol. The minimum Gasteiger partial charge on any atom is -0.481 e. The first-order valence-corrected chi connectivity index (χ1v) is 9.08. The van der Waals surface area contributed by atoms with Crippen molar-refractivity contribution in [3.05, 3.63) is 35.9 Å². The number of nitrogens with one attached hydrogen (secondary N) is 1. The molecule has 2 rings (SSSR count). The second-order valence-electron chi connectivity index (χ2n) is 5.76. The summed E-state index contributed by atoms with van der Waals surface area (Å²) in [7, 11) is -1.04. The molecular formula is C16H21NO4S. The molecule has 22 heavy (non-hydrogen) atoms. The van der Waals surface area contributed by atoms with Gasteiger partial charge < -0.3 is 10.4 Å². The summed E-state index contributed by atoms with van der Waals surface area (Å²) in [5.41, 5.74) is 0.916. The molecule has 1 fully saturated rings. The molecule has 0 radical (unpaired) electrons. The normalized spacial score (nSPS) is 23.7. The molecule has 1 aliphatic carbocycles. The van der Waals surface area contributed by atoms with Gasteiger partial charge in [-0.15, -0.1) is 0 Å². The number of hydrogen-bond donors (Lipinski definition) is 2. The van der Waals surface area contributed by atoms with Gasteiger partial charge in [-0.1, -0.05) is 30.3 Å². The van der Waals surface area contributed by atoms with E-state index in [2.05, 4.69) is 5.32 Å². The highest BCUT2D eigenvalue weighted by atomic mass is 32.2. The quantitative estimate of drug-likeness (QED) is 0.835. The standard InChI is InChI=1S/C16H21NO4S/c1-22(21)10-14(11-5-3-2-4-6-11)17-15(18)12-7-8-13(9-12)16(19)20/h2-6,12-14H,7-10H2,1H3,(H,17,18)(H,19,20)/t12-,13+,14?,22?/m1/s1. The van der Waals surface area contributed by atoms with Crippen LogP contribution in [0.25, 0.3) is 0 Å². The molecule has 5 nitrogen and oxygen atoms in total. The van der Waals surface area contributed by atoms with E-state index in [4.69, 9.17) is 5.11 Å². The number of hydrogen-bond acceptors (Lipinski definition) is 3. The maximum absolute atomic E-state index is 12.4. The van der Waals surface area contributed by atoms with Crippen molar-refractivity contribution in [3.63, 3.8) is 0 Å². The molecule has 120 valence electrons. The van der Waals surface area contributed by atoms with Crippen molar-refractivity contribution >= 4 is 22.7 Å². The molecule has 4 atom stereocenters. The molecule has 1 aliphatic rings. The fourth-order valence-corrected chi connectivity index (χ4v) is 3.62. The van der Waals surface area contributed by atoms with Gasteiger partial charge in [0.1, 0.15) is 0 Å². The van der Waals surface area contributed by atoms with Crippen molar-refractivity contribution in [1.82, 2.24) is 5.32 Å². The van der Waals surface area contributed by atoms with Crippen LogP contribution in [0.3, 0.4) is 0 Å². The lowest BCUT2D eigenvalue weighted by molar-refractivity contribution is -0.141. The van der Waals surface area contributed by atoms with Crippen molar-refractivity contribution < 1.29 is 18.9 Å². The average Bonchev–Trinajstić information content (AvgIpc) is 2.97. The highest BCUT2D eigenvalue weighted by Gasteiger charge is 2.34. The lowest BCUT2D eigenvalue weighted by Crippen LogP contribution is -2.35. The van der Waals surface area contributed by atoms with Gasteiger partial charge in [0.15, 0.2) is 0 Å². The van der Waals surface area contributed by atoms with Gasteiger partial charge in [0.05, 0.1) is 12.0 Å². The van der Waals surface area contributed by atoms with E-state index in [0.717, 1.165) is 5.56 Å². The lowest BCUT2D eigenvalue weighted by Gasteiger charge is -2.20. The molecule has 1 saturated carbocycles. The van der Waals surface area contributed by atoms with E-state index in [9.17, 15) is 13.8 Å². The van der Waals surface area contributed by atoms with E-state index >= 15 is 0 Å². The van der Waals surface area contributed by atoms with Crippen LogP contribution in [-0.2, 0) is 20.4 Å². The molecule has 2 N–H and O–H groups in total. The van der Waals surface area contributed by atoms with Gasteiger partial charge in [-0.25, -0.2) is 0 Å². The van der Waals surface area contributed by atoms with Crippen LogP contribution >= 0.6 is 0 Å². The summed E-state index contributed by atoms with van der Waals surface area (Å²) >= 11 is 0. The van der Waals surface area contributed by atoms with Gasteiger partial charge >= 0.3 is 5.97 Å². The van der Waals surface area contributed by atoms with E-state index in [0.29, 0.717) is 25.0 Å². The van der Waals surface area contributed by atoms with E-state index in [-0.39, 0.29) is 17.9 Å². The van der Waals surface area contributed by atoms with Crippen molar-refractivity contribution in [2.45, 2.75) is 25.3 Å². The molecule has 1 amide bonds. The van der Waals surface area contributed by atoms with Crippen LogP contribution in [0.5, 0.6) is 0 Å². The minimum absolute atomic E-state index is 0.136. The minimum atomic E-state index is -1.04. The number of benzene rings is 1. The Labute approximate surface area is 132 Å². The molecule has 1 aromatic rings. The highest BCUT2D eigenvalue weighted by molar-refractivity contribution is 7.84. The zero-order chi connectivity index (χ0) is 16.1. The van der Waals surface area contributed by atoms with Crippen LogP contribution in [-0.4, -0.2) is 33.2 Å². The second kappa shape index (κ2) is 7.54. The van der Waals surface area contributed by atoms with E-state index in [1.54, 1.807) is 6.26 Å². The Morgan fingerprint density at radius 3 is 2.45 bits per heavy atom. The van der Waals surface area contributed by atoms with Crippen LogP contribution in [0.15, 0.2) is 30.3 Å². The van der Waals surface area contributed by atoms with Gasteiger partial charge in [-0.2, -0.15) is 0 Å². The Morgan fingerprint density at radius 1 is 1.27 bits per heavy atom. The summed E-state index contributed by atoms with van der Waals surface area (Å²) in [5.74, 6) is -1.30. The summed E-state index contributed by atoms with van der Waals surface area (Å²) < 4.78 is 11.6. The topological polar surface area (TPSA) is 83.5 Å². The second-order valence-corrected chi connectivity index (χ2v) is 7.24. The number of carboxylic acid groups (broad SMARTS) is 1. The van der Waals surface area contributed by atoms with Crippen LogP contribution in [0, 0.1) is 11.8 Å². The number of carboxylic acids is 1. The molecular weight excluding hydrogens is 302 g/mol. The summed E-state index contributed by atoms with van der Waals surface area (Å²) in [6, 6.07) is 9.13. The van der Waals surface area contributed by atoms with Crippen LogP contribution in [0.2, 0.25) is 0 Å². The molecule has 0 aliphatic heterocycles. The van der Waals surface area contributed by atoms with Crippen molar-refractivity contribution in [2.24, 2.45) is 11.8 Å². The zero-order valence-corrected chi connectivity index (χ0v) is 13.3. The molecule has 0 heterocycles. The maximum atomic E-state index is 12.4. The number of carbonyl (C=O) groups is 2. The SMILES string of the molecule is CS(=O)CC(NC(=O)[C@@H]1CC[C@H](C(=O)O)C1)c1ccccc1. The predicted octanol–water partition coefficient (Wildman–Crippen LogP) is 1.72. The number of carbonyl (C=O) groups excluding carboxylic acids is 1. The van der Waals surface area contributed by atoms with E-state index in [1.807, 2.05) is 30.3 Å². The van der Waals surface area contributed by atoms with Crippen molar-refractivity contribution in [1.29, 1.82) is 0 Å². The van der Waals surface area contributed by atoms with Crippen LogP contribution < -0.4 is 5.32 Å². The highest BCUT2D eigenvalue weighted by Crippen LogP contribution is 2.31. The molecule has 0 aromatic heterocycles. The number of aliphatic carboxylic acids is 1. The van der Waals surface area contributed by atoms with Gasteiger partial charge in [0.25, 0.3) is 0 Å². The smallest absolute Gasteiger partial charge is 0.306 e. The Hall–Kier alpha value is -1.69. The summed E-state index contributed by atoms with van der Waals surface area (Å²) in [5, 5.41) is 12.0. The summed E-state index contributed by atoms with van der Waals surface area (Å²) in [6.45, 7) is 0. The van der Waals surface area contributed by atoms with E-state index < -0.39 is 22.7 Å². The monoisotopic (exact) mass is 323 g/mol. The fraction of sp³-hybridized carbons (Fsp3) is 0.500. The molecule has 0 bridgehead atoms. The molecule has 2 unspecified atom stereocenters. The zero-order valence-electron chi connectivity index (χ0n) is 12.5. The third kappa shape index (κ3) is 4.40. The van der Waals surface area contributed by atoms with Crippen molar-refractivity contribution in [3.8, 4) is 0 Å². The van der Waals surface area contributed by atoms with E-state index in [1.165, 1.54) is 0 Å². The molecule has 0 saturated heterocycles. The van der Waals surface area contributed by atoms with Gasteiger partial charge in [0, 0.05) is 28.7 Å². The fourth-order valence-electron chi connectivity index (χ4n) is 2.87. The van der Waals surface area contributed by atoms with Crippen LogP contribution in [0.1, 0.15) is 30.9 Å². The summed E-state index contributed by atoms with van der Waals surface area (Å²) in [6.07, 6.45) is 3.14. The Kier molecular flexibility index (Phi) is 5.71. The number of rotatable bonds is 6. The molecule has 6 heteroatoms. The Bertz CT molecular complexity index is 561. The molecule has 1 aromatic carbocycles. The van der Waals surface area contributed by atoms with Gasteiger partial charge in [-0.3, -0.25) is 13.8 Å². The van der Waals surface area contributed by atoms with Crippen LogP contribution in [0.4, 0.5) is 0 Å². The first-order chi connectivity index (χ1) is 10.5. The first kappa shape index (κ1) is 16.7. The lowest BCUT2D eigenvalue weighted by atomic mass is 10.0. The first-order valence-electron chi connectivity index (χ1n) is 7.35. The Morgan fingerprint density at radius 2 is 1.91 bits per heavy atom. The molecule has 0 spiro atoms. The third-order valence-electron chi connectivity index (χ3n) is 4.07. The predicted molar refractivity (Wildman–Crippen MR) is 84.7 cm³/mol. The van der Waals surface area contributed by atoms with Crippen molar-refractivity contribution in [2.75, 3.05) is 12.0 Å². The van der Waals surface area contributed by atoms with Gasteiger partial charge in [-0.05, 0) is 24.8 Å². The Balaban J connectivity index is 2.03. The van der Waals surface area contributed by atoms with Gasteiger partial charge in [0.2, 0.25) is 5.91 Å². The summed E-state index contributed by atoms with van der Waals surface area (Å²) in [4.78, 5) is 23.4. The third-order valence-corrected chi connectivity index (χ3v) is 4.88. The maximum Gasteiger partial charge on any atom is 0.306 e.